The average Bonchev–Trinajstić information content (AvgIpc) is 3.52. The molecule has 3 N–H and O–H groups in total. The Hall–Kier alpha value is -4.46. The van der Waals surface area contributed by atoms with E-state index in [0.717, 1.165) is 57.2 Å². The summed E-state index contributed by atoms with van der Waals surface area (Å²) in [6.07, 6.45) is 3.33. The van der Waals surface area contributed by atoms with Crippen LogP contribution in [-0.4, -0.2) is 56.0 Å². The lowest BCUT2D eigenvalue weighted by Crippen LogP contribution is -2.46. The van der Waals surface area contributed by atoms with Crippen molar-refractivity contribution in [3.05, 3.63) is 72.6 Å². The van der Waals surface area contributed by atoms with Crippen molar-refractivity contribution in [3.8, 4) is 22.4 Å². The van der Waals surface area contributed by atoms with E-state index in [1.807, 2.05) is 47.5 Å². The van der Waals surface area contributed by atoms with Crippen LogP contribution in [0, 0.1) is 0 Å². The number of hydrogen-bond donors (Lipinski definition) is 3. The van der Waals surface area contributed by atoms with Crippen molar-refractivity contribution in [2.75, 3.05) is 13.1 Å². The van der Waals surface area contributed by atoms with E-state index in [-0.39, 0.29) is 17.9 Å². The van der Waals surface area contributed by atoms with Gasteiger partial charge in [0.25, 0.3) is 5.91 Å². The summed E-state index contributed by atoms with van der Waals surface area (Å²) in [6.45, 7) is 2.71. The van der Waals surface area contributed by atoms with Gasteiger partial charge in [-0.3, -0.25) is 14.7 Å². The first-order chi connectivity index (χ1) is 17.5. The van der Waals surface area contributed by atoms with Crippen LogP contribution in [0.2, 0.25) is 0 Å². The molecule has 0 bridgehead atoms. The first-order valence-corrected chi connectivity index (χ1v) is 12.1. The molecule has 6 rings (SSSR count). The minimum atomic E-state index is -0.0913. The van der Waals surface area contributed by atoms with Gasteiger partial charge in [0.05, 0.1) is 5.52 Å². The van der Waals surface area contributed by atoms with Crippen LogP contribution in [0.3, 0.4) is 0 Å². The molecule has 0 saturated carbocycles. The maximum atomic E-state index is 13.3. The number of hydrogen-bond acceptors (Lipinski definition) is 4. The Bertz CT molecular complexity index is 1580. The molecule has 0 radical (unpaired) electrons. The van der Waals surface area contributed by atoms with Gasteiger partial charge in [0.2, 0.25) is 5.91 Å². The lowest BCUT2D eigenvalue weighted by molar-refractivity contribution is -0.119. The number of rotatable bonds is 4. The fourth-order valence-corrected chi connectivity index (χ4v) is 4.97. The minimum absolute atomic E-state index is 0.0331. The molecule has 2 amide bonds. The summed E-state index contributed by atoms with van der Waals surface area (Å²) in [5, 5.41) is 12.1. The van der Waals surface area contributed by atoms with Gasteiger partial charge in [-0.15, -0.1) is 0 Å². The quantitative estimate of drug-likeness (QED) is 0.353. The van der Waals surface area contributed by atoms with Crippen LogP contribution in [0.1, 0.15) is 30.3 Å². The molecular weight excluding hydrogens is 452 g/mol. The average molecular weight is 479 g/mol. The van der Waals surface area contributed by atoms with Crippen LogP contribution >= 0.6 is 0 Å². The van der Waals surface area contributed by atoms with E-state index in [1.165, 1.54) is 6.92 Å². The van der Waals surface area contributed by atoms with Gasteiger partial charge in [-0.25, -0.2) is 4.98 Å². The molecule has 36 heavy (non-hydrogen) atoms. The number of H-pyrrole nitrogens is 2. The number of piperidine rings is 1. The fraction of sp³-hybridized carbons (Fsp3) is 0.214. The van der Waals surface area contributed by atoms with Gasteiger partial charge in [-0.1, -0.05) is 36.4 Å². The summed E-state index contributed by atoms with van der Waals surface area (Å²) in [5.41, 5.74) is 6.15. The number of fused-ring (bicyclic) bond motifs is 2. The Morgan fingerprint density at radius 1 is 0.972 bits per heavy atom. The zero-order valence-electron chi connectivity index (χ0n) is 19.9. The van der Waals surface area contributed by atoms with Gasteiger partial charge in [-0.2, -0.15) is 5.10 Å². The molecule has 180 valence electrons. The van der Waals surface area contributed by atoms with Crippen LogP contribution in [0.4, 0.5) is 0 Å². The number of pyridine rings is 1. The number of likely N-dealkylation sites (tertiary alicyclic amines) is 1. The highest BCUT2D eigenvalue weighted by molar-refractivity contribution is 6.05. The summed E-state index contributed by atoms with van der Waals surface area (Å²) >= 11 is 0. The number of benzene rings is 2. The van der Waals surface area contributed by atoms with Crippen molar-refractivity contribution in [1.29, 1.82) is 0 Å². The highest BCUT2D eigenvalue weighted by Crippen LogP contribution is 2.30. The lowest BCUT2D eigenvalue weighted by atomic mass is 10.0. The molecule has 0 spiro atoms. The number of aromatic nitrogens is 4. The highest BCUT2D eigenvalue weighted by Gasteiger charge is 2.26. The molecule has 0 atom stereocenters. The van der Waals surface area contributed by atoms with E-state index in [4.69, 9.17) is 0 Å². The summed E-state index contributed by atoms with van der Waals surface area (Å²) < 4.78 is 0. The molecular formula is C28H26N6O2. The number of carbonyl (C=O) groups excluding carboxylic acids is 2. The van der Waals surface area contributed by atoms with Crippen molar-refractivity contribution in [2.45, 2.75) is 25.8 Å². The monoisotopic (exact) mass is 478 g/mol. The Balaban J connectivity index is 1.28. The predicted molar refractivity (Wildman–Crippen MR) is 139 cm³/mol. The highest BCUT2D eigenvalue weighted by atomic mass is 16.2. The standard InChI is InChI=1S/C28H26N6O2/c1-17(35)30-22-9-11-34(12-10-22)28(36)26-23-14-19(7-8-24(23)32-33-26)21-13-20-15-25(31-27(20)29-16-21)18-5-3-2-4-6-18/h2-8,13-16,22H,9-12H2,1H3,(H,29,31)(H,30,35)(H,32,33). The van der Waals surface area contributed by atoms with Gasteiger partial charge in [0.1, 0.15) is 5.65 Å². The lowest BCUT2D eigenvalue weighted by Gasteiger charge is -2.31. The molecule has 8 heteroatoms. The maximum absolute atomic E-state index is 13.3. The van der Waals surface area contributed by atoms with Gasteiger partial charge < -0.3 is 15.2 Å². The molecule has 1 aliphatic rings. The van der Waals surface area contributed by atoms with Crippen molar-refractivity contribution >= 4 is 33.8 Å². The maximum Gasteiger partial charge on any atom is 0.274 e. The zero-order valence-corrected chi connectivity index (χ0v) is 19.9. The van der Waals surface area contributed by atoms with Gasteiger partial charge in [0.15, 0.2) is 5.69 Å². The number of aromatic amines is 2. The normalized spacial score (nSPS) is 14.4. The van der Waals surface area contributed by atoms with Crippen molar-refractivity contribution < 1.29 is 9.59 Å². The second-order valence-electron chi connectivity index (χ2n) is 9.31. The number of nitrogens with one attached hydrogen (secondary N) is 3. The Labute approximate surface area is 207 Å². The second-order valence-corrected chi connectivity index (χ2v) is 9.31. The number of amides is 2. The van der Waals surface area contributed by atoms with E-state index in [0.29, 0.717) is 18.8 Å². The molecule has 3 aromatic heterocycles. The van der Waals surface area contributed by atoms with Gasteiger partial charge >= 0.3 is 0 Å². The molecule has 4 heterocycles. The third-order valence-electron chi connectivity index (χ3n) is 6.84. The van der Waals surface area contributed by atoms with Crippen LogP contribution in [0.15, 0.2) is 66.9 Å². The second kappa shape index (κ2) is 8.96. The van der Waals surface area contributed by atoms with E-state index in [2.05, 4.69) is 49.7 Å². The minimum Gasteiger partial charge on any atom is -0.353 e. The summed E-state index contributed by atoms with van der Waals surface area (Å²) in [7, 11) is 0. The van der Waals surface area contributed by atoms with Crippen LogP contribution < -0.4 is 5.32 Å². The first-order valence-electron chi connectivity index (χ1n) is 12.1. The van der Waals surface area contributed by atoms with E-state index in [9.17, 15) is 9.59 Å². The Morgan fingerprint density at radius 2 is 1.78 bits per heavy atom. The fourth-order valence-electron chi connectivity index (χ4n) is 4.97. The SMILES string of the molecule is CC(=O)NC1CCN(C(=O)c2n[nH]c3ccc(-c4cnc5[nH]c(-c6ccccc6)cc5c4)cc23)CC1. The largest absolute Gasteiger partial charge is 0.353 e. The third-order valence-corrected chi connectivity index (χ3v) is 6.84. The van der Waals surface area contributed by atoms with Crippen LogP contribution in [-0.2, 0) is 4.79 Å². The Morgan fingerprint density at radius 3 is 2.56 bits per heavy atom. The van der Waals surface area contributed by atoms with Gasteiger partial charge in [-0.05, 0) is 48.2 Å². The zero-order chi connectivity index (χ0) is 24.6. The first kappa shape index (κ1) is 22.0. The molecule has 5 aromatic rings. The molecule has 1 fully saturated rings. The molecule has 8 nitrogen and oxygen atoms in total. The summed E-state index contributed by atoms with van der Waals surface area (Å²) in [5.74, 6) is -0.124. The van der Waals surface area contributed by atoms with Crippen molar-refractivity contribution in [2.24, 2.45) is 0 Å². The Kier molecular flexibility index (Phi) is 5.48. The van der Waals surface area contributed by atoms with Crippen LogP contribution in [0.5, 0.6) is 0 Å². The summed E-state index contributed by atoms with van der Waals surface area (Å²) in [4.78, 5) is 34.5. The van der Waals surface area contributed by atoms with Crippen LogP contribution in [0.25, 0.3) is 44.3 Å². The molecule has 0 aliphatic carbocycles. The number of carbonyl (C=O) groups is 2. The van der Waals surface area contributed by atoms with E-state index < -0.39 is 0 Å². The van der Waals surface area contributed by atoms with Crippen molar-refractivity contribution in [1.82, 2.24) is 30.4 Å². The third kappa shape index (κ3) is 4.11. The number of nitrogens with zero attached hydrogens (tertiary/aromatic N) is 3. The smallest absolute Gasteiger partial charge is 0.274 e. The summed E-state index contributed by atoms with van der Waals surface area (Å²) in [6, 6.07) is 20.5. The molecule has 1 saturated heterocycles. The molecule has 0 unspecified atom stereocenters. The van der Waals surface area contributed by atoms with Crippen molar-refractivity contribution in [3.63, 3.8) is 0 Å². The van der Waals surface area contributed by atoms with E-state index in [1.54, 1.807) is 0 Å². The topological polar surface area (TPSA) is 107 Å². The van der Waals surface area contributed by atoms with Gasteiger partial charge in [0, 0.05) is 54.3 Å². The van der Waals surface area contributed by atoms with E-state index >= 15 is 0 Å². The molecule has 1 aliphatic heterocycles. The molecule has 2 aromatic carbocycles. The predicted octanol–water partition coefficient (Wildman–Crippen LogP) is 4.51.